The highest BCUT2D eigenvalue weighted by Crippen LogP contribution is 2.29. The maximum Gasteiger partial charge on any atom is 0.235 e. The molecular formula is C17H20N8O2. The summed E-state index contributed by atoms with van der Waals surface area (Å²) in [6.07, 6.45) is 2.58. The SMILES string of the molecule is CCC(C)c1cc2nnc(-c3cc(C)on3)n2nc1OCc1ncn(C)n1. The van der Waals surface area contributed by atoms with Gasteiger partial charge in [0.1, 0.15) is 12.1 Å². The summed E-state index contributed by atoms with van der Waals surface area (Å²) in [5.74, 6) is 2.54. The van der Waals surface area contributed by atoms with Crippen molar-refractivity contribution in [3.8, 4) is 17.4 Å². The minimum absolute atomic E-state index is 0.226. The quantitative estimate of drug-likeness (QED) is 0.510. The molecule has 4 aromatic heterocycles. The molecule has 0 aliphatic heterocycles. The zero-order valence-corrected chi connectivity index (χ0v) is 15.6. The van der Waals surface area contributed by atoms with Crippen LogP contribution in [0, 0.1) is 6.92 Å². The molecule has 1 unspecified atom stereocenters. The van der Waals surface area contributed by atoms with Gasteiger partial charge in [0.25, 0.3) is 0 Å². The summed E-state index contributed by atoms with van der Waals surface area (Å²) in [6.45, 7) is 6.29. The van der Waals surface area contributed by atoms with Crippen molar-refractivity contribution >= 4 is 5.65 Å². The zero-order valence-electron chi connectivity index (χ0n) is 15.6. The lowest BCUT2D eigenvalue weighted by Gasteiger charge is -2.14. The van der Waals surface area contributed by atoms with Gasteiger partial charge < -0.3 is 9.26 Å². The molecule has 4 heterocycles. The zero-order chi connectivity index (χ0) is 19.0. The van der Waals surface area contributed by atoms with Gasteiger partial charge in [-0.05, 0) is 25.3 Å². The first-order chi connectivity index (χ1) is 13.0. The normalized spacial score (nSPS) is 12.6. The molecule has 1 atom stereocenters. The van der Waals surface area contributed by atoms with Crippen LogP contribution in [0.3, 0.4) is 0 Å². The van der Waals surface area contributed by atoms with Crippen LogP contribution in [0.4, 0.5) is 0 Å². The van der Waals surface area contributed by atoms with E-state index >= 15 is 0 Å². The number of aromatic nitrogens is 8. The smallest absolute Gasteiger partial charge is 0.235 e. The second kappa shape index (κ2) is 6.78. The van der Waals surface area contributed by atoms with Gasteiger partial charge in [-0.1, -0.05) is 19.0 Å². The topological polar surface area (TPSA) is 109 Å². The van der Waals surface area contributed by atoms with Gasteiger partial charge >= 0.3 is 0 Å². The molecule has 10 nitrogen and oxygen atoms in total. The van der Waals surface area contributed by atoms with Gasteiger partial charge in [0.15, 0.2) is 23.8 Å². The van der Waals surface area contributed by atoms with Crippen LogP contribution in [-0.4, -0.2) is 39.7 Å². The van der Waals surface area contributed by atoms with Crippen LogP contribution in [0.2, 0.25) is 0 Å². The van der Waals surface area contributed by atoms with E-state index in [1.807, 2.05) is 20.0 Å². The van der Waals surface area contributed by atoms with Gasteiger partial charge in [-0.15, -0.1) is 15.3 Å². The molecule has 0 N–H and O–H groups in total. The first-order valence-electron chi connectivity index (χ1n) is 8.72. The van der Waals surface area contributed by atoms with Gasteiger partial charge in [-0.25, -0.2) is 4.98 Å². The molecule has 0 bridgehead atoms. The fourth-order valence-corrected chi connectivity index (χ4v) is 2.73. The molecule has 0 radical (unpaired) electrons. The summed E-state index contributed by atoms with van der Waals surface area (Å²) in [5.41, 5.74) is 2.17. The molecule has 0 aromatic carbocycles. The lowest BCUT2D eigenvalue weighted by atomic mass is 10.0. The summed E-state index contributed by atoms with van der Waals surface area (Å²) in [7, 11) is 1.81. The average Bonchev–Trinajstić information content (AvgIpc) is 3.38. The van der Waals surface area contributed by atoms with Crippen LogP contribution in [0.5, 0.6) is 5.88 Å². The summed E-state index contributed by atoms with van der Waals surface area (Å²) in [6, 6.07) is 3.74. The highest BCUT2D eigenvalue weighted by Gasteiger charge is 2.20. The summed E-state index contributed by atoms with van der Waals surface area (Å²) < 4.78 is 14.4. The van der Waals surface area contributed by atoms with Gasteiger partial charge in [0.05, 0.1) is 0 Å². The van der Waals surface area contributed by atoms with E-state index in [-0.39, 0.29) is 12.5 Å². The van der Waals surface area contributed by atoms with E-state index in [1.165, 1.54) is 0 Å². The number of aryl methyl sites for hydroxylation is 2. The second-order valence-corrected chi connectivity index (χ2v) is 6.45. The van der Waals surface area contributed by atoms with Crippen molar-refractivity contribution in [1.29, 1.82) is 0 Å². The molecule has 4 rings (SSSR count). The molecule has 0 saturated heterocycles. The third-order valence-electron chi connectivity index (χ3n) is 4.37. The Labute approximate surface area is 155 Å². The van der Waals surface area contributed by atoms with E-state index in [4.69, 9.17) is 9.26 Å². The Bertz CT molecular complexity index is 1080. The molecule has 0 fully saturated rings. The van der Waals surface area contributed by atoms with Crippen molar-refractivity contribution in [2.75, 3.05) is 0 Å². The molecule has 0 spiro atoms. The van der Waals surface area contributed by atoms with E-state index in [0.29, 0.717) is 34.6 Å². The molecule has 0 amide bonds. The van der Waals surface area contributed by atoms with Crippen LogP contribution < -0.4 is 4.74 Å². The van der Waals surface area contributed by atoms with Gasteiger partial charge in [0, 0.05) is 18.7 Å². The van der Waals surface area contributed by atoms with E-state index in [9.17, 15) is 0 Å². The van der Waals surface area contributed by atoms with Gasteiger partial charge in [-0.3, -0.25) is 4.68 Å². The summed E-state index contributed by atoms with van der Waals surface area (Å²) >= 11 is 0. The first kappa shape index (κ1) is 17.1. The lowest BCUT2D eigenvalue weighted by Crippen LogP contribution is -2.08. The molecular weight excluding hydrogens is 348 g/mol. The number of hydrogen-bond donors (Lipinski definition) is 0. The fourth-order valence-electron chi connectivity index (χ4n) is 2.73. The van der Waals surface area contributed by atoms with Crippen molar-refractivity contribution in [3.63, 3.8) is 0 Å². The van der Waals surface area contributed by atoms with Crippen LogP contribution >= 0.6 is 0 Å². The predicted octanol–water partition coefficient (Wildman–Crippen LogP) is 2.31. The molecule has 140 valence electrons. The van der Waals surface area contributed by atoms with Crippen LogP contribution in [0.1, 0.15) is 43.3 Å². The predicted molar refractivity (Wildman–Crippen MR) is 95.1 cm³/mol. The highest BCUT2D eigenvalue weighted by molar-refractivity contribution is 5.56. The Morgan fingerprint density at radius 3 is 2.74 bits per heavy atom. The first-order valence-corrected chi connectivity index (χ1v) is 8.72. The molecule has 0 aliphatic carbocycles. The molecule has 10 heteroatoms. The maximum atomic E-state index is 5.96. The number of hydrogen-bond acceptors (Lipinski definition) is 8. The molecule has 0 saturated carbocycles. The van der Waals surface area contributed by atoms with Gasteiger partial charge in [0.2, 0.25) is 11.7 Å². The Hall–Kier alpha value is -3.30. The van der Waals surface area contributed by atoms with E-state index in [1.54, 1.807) is 21.6 Å². The van der Waals surface area contributed by atoms with Crippen LogP contribution in [-0.2, 0) is 13.7 Å². The van der Waals surface area contributed by atoms with Crippen molar-refractivity contribution in [1.82, 2.24) is 39.7 Å². The van der Waals surface area contributed by atoms with Crippen molar-refractivity contribution in [3.05, 3.63) is 35.6 Å². The Morgan fingerprint density at radius 2 is 2.07 bits per heavy atom. The Morgan fingerprint density at radius 1 is 1.22 bits per heavy atom. The largest absolute Gasteiger partial charge is 0.468 e. The maximum absolute atomic E-state index is 5.96. The van der Waals surface area contributed by atoms with E-state index < -0.39 is 0 Å². The Kier molecular flexibility index (Phi) is 4.30. The van der Waals surface area contributed by atoms with Crippen molar-refractivity contribution in [2.45, 2.75) is 39.7 Å². The van der Waals surface area contributed by atoms with E-state index in [2.05, 4.69) is 44.4 Å². The van der Waals surface area contributed by atoms with Crippen molar-refractivity contribution in [2.24, 2.45) is 7.05 Å². The highest BCUT2D eigenvalue weighted by atomic mass is 16.5. The number of ether oxygens (including phenoxy) is 1. The van der Waals surface area contributed by atoms with E-state index in [0.717, 1.165) is 12.0 Å². The standard InChI is InChI=1S/C17H20N8O2/c1-5-10(2)12-7-15-19-20-16(13-6-11(3)27-23-13)25(15)22-17(12)26-8-14-18-9-24(4)21-14/h6-7,9-10H,5,8H2,1-4H3. The van der Waals surface area contributed by atoms with Crippen molar-refractivity contribution < 1.29 is 9.26 Å². The molecule has 4 aromatic rings. The van der Waals surface area contributed by atoms with Gasteiger partial charge in [-0.2, -0.15) is 9.61 Å². The minimum atomic E-state index is 0.226. The van der Waals surface area contributed by atoms with Crippen LogP contribution in [0.25, 0.3) is 17.2 Å². The molecule has 0 aliphatic rings. The fraction of sp³-hybridized carbons (Fsp3) is 0.412. The summed E-state index contributed by atoms with van der Waals surface area (Å²) in [5, 5.41) is 21.3. The lowest BCUT2D eigenvalue weighted by molar-refractivity contribution is 0.274. The Balaban J connectivity index is 1.75. The number of nitrogens with zero attached hydrogens (tertiary/aromatic N) is 8. The number of fused-ring (bicyclic) bond motifs is 1. The third-order valence-corrected chi connectivity index (χ3v) is 4.37. The average molecular weight is 368 g/mol. The third kappa shape index (κ3) is 3.25. The van der Waals surface area contributed by atoms with Crippen LogP contribution in [0.15, 0.2) is 23.0 Å². The second-order valence-electron chi connectivity index (χ2n) is 6.45. The monoisotopic (exact) mass is 368 g/mol. The summed E-state index contributed by atoms with van der Waals surface area (Å²) in [4.78, 5) is 4.19. The number of rotatable bonds is 6. The minimum Gasteiger partial charge on any atom is -0.468 e. The molecule has 27 heavy (non-hydrogen) atoms.